The molecule has 0 aliphatic heterocycles. The van der Waals surface area contributed by atoms with Gasteiger partial charge in [-0.05, 0) is 37.5 Å². The third kappa shape index (κ3) is 3.68. The molecule has 3 heteroatoms. The Morgan fingerprint density at radius 2 is 1.85 bits per heavy atom. The molecule has 20 heavy (non-hydrogen) atoms. The highest BCUT2D eigenvalue weighted by Crippen LogP contribution is 2.16. The molecule has 0 saturated carbocycles. The molecule has 2 aromatic rings. The molecule has 3 nitrogen and oxygen atoms in total. The second kappa shape index (κ2) is 6.35. The van der Waals surface area contributed by atoms with E-state index < -0.39 is 6.04 Å². The quantitative estimate of drug-likeness (QED) is 0.896. The SMILES string of the molecule is Cc1ccc(NC(=O)[C@@H](N)Cc2ccccc2)c(C)c1. The maximum atomic E-state index is 12.1. The number of rotatable bonds is 4. The normalized spacial score (nSPS) is 11.9. The van der Waals surface area contributed by atoms with Crippen molar-refractivity contribution in [3.05, 3.63) is 65.2 Å². The van der Waals surface area contributed by atoms with Crippen LogP contribution in [0.1, 0.15) is 16.7 Å². The Hall–Kier alpha value is -2.13. The molecule has 0 unspecified atom stereocenters. The zero-order valence-corrected chi connectivity index (χ0v) is 11.9. The van der Waals surface area contributed by atoms with Crippen molar-refractivity contribution in [2.75, 3.05) is 5.32 Å². The molecule has 0 fully saturated rings. The molecule has 0 aliphatic carbocycles. The minimum Gasteiger partial charge on any atom is -0.324 e. The highest BCUT2D eigenvalue weighted by molar-refractivity contribution is 5.95. The van der Waals surface area contributed by atoms with Gasteiger partial charge >= 0.3 is 0 Å². The van der Waals surface area contributed by atoms with Crippen LogP contribution in [0.15, 0.2) is 48.5 Å². The summed E-state index contributed by atoms with van der Waals surface area (Å²) in [6, 6.07) is 15.2. The predicted octanol–water partition coefficient (Wildman–Crippen LogP) is 2.81. The van der Waals surface area contributed by atoms with Gasteiger partial charge in [-0.15, -0.1) is 0 Å². The standard InChI is InChI=1S/C17H20N2O/c1-12-8-9-16(13(2)10-12)19-17(20)15(18)11-14-6-4-3-5-7-14/h3-10,15H,11,18H2,1-2H3,(H,19,20)/t15-/m0/s1. The molecular weight excluding hydrogens is 248 g/mol. The van der Waals surface area contributed by atoms with E-state index in [1.807, 2.05) is 62.4 Å². The molecule has 0 spiro atoms. The molecule has 0 aliphatic rings. The Bertz CT molecular complexity index is 593. The lowest BCUT2D eigenvalue weighted by atomic mass is 10.1. The number of carbonyl (C=O) groups is 1. The minimum atomic E-state index is -0.543. The van der Waals surface area contributed by atoms with Crippen molar-refractivity contribution in [2.45, 2.75) is 26.3 Å². The minimum absolute atomic E-state index is 0.152. The third-order valence-corrected chi connectivity index (χ3v) is 3.27. The van der Waals surface area contributed by atoms with E-state index in [2.05, 4.69) is 5.32 Å². The van der Waals surface area contributed by atoms with Gasteiger partial charge in [0, 0.05) is 5.69 Å². The van der Waals surface area contributed by atoms with Gasteiger partial charge in [0.2, 0.25) is 5.91 Å². The molecule has 2 aromatic carbocycles. The summed E-state index contributed by atoms with van der Waals surface area (Å²) in [5, 5.41) is 2.89. The van der Waals surface area contributed by atoms with Crippen molar-refractivity contribution in [3.8, 4) is 0 Å². The van der Waals surface area contributed by atoms with Crippen LogP contribution in [0.5, 0.6) is 0 Å². The highest BCUT2D eigenvalue weighted by atomic mass is 16.2. The summed E-state index contributed by atoms with van der Waals surface area (Å²) in [5.41, 5.74) is 10.1. The van der Waals surface area contributed by atoms with Crippen LogP contribution in [-0.2, 0) is 11.2 Å². The summed E-state index contributed by atoms with van der Waals surface area (Å²) in [4.78, 5) is 12.1. The van der Waals surface area contributed by atoms with Crippen LogP contribution in [-0.4, -0.2) is 11.9 Å². The summed E-state index contributed by atoms with van der Waals surface area (Å²) in [5.74, 6) is -0.152. The topological polar surface area (TPSA) is 55.1 Å². The van der Waals surface area contributed by atoms with Gasteiger partial charge in [-0.25, -0.2) is 0 Å². The van der Waals surface area contributed by atoms with E-state index in [-0.39, 0.29) is 5.91 Å². The van der Waals surface area contributed by atoms with Crippen LogP contribution in [0, 0.1) is 13.8 Å². The molecule has 0 heterocycles. The first kappa shape index (κ1) is 14.3. The fourth-order valence-corrected chi connectivity index (χ4v) is 2.14. The van der Waals surface area contributed by atoms with E-state index in [1.54, 1.807) is 0 Å². The first-order valence-corrected chi connectivity index (χ1v) is 6.74. The van der Waals surface area contributed by atoms with Gasteiger partial charge in [0.05, 0.1) is 6.04 Å². The Kier molecular flexibility index (Phi) is 4.53. The monoisotopic (exact) mass is 268 g/mol. The largest absolute Gasteiger partial charge is 0.324 e. The van der Waals surface area contributed by atoms with Crippen molar-refractivity contribution in [3.63, 3.8) is 0 Å². The highest BCUT2D eigenvalue weighted by Gasteiger charge is 2.14. The van der Waals surface area contributed by atoms with E-state index in [0.717, 1.165) is 16.8 Å². The van der Waals surface area contributed by atoms with Gasteiger partial charge in [-0.2, -0.15) is 0 Å². The number of anilines is 1. The number of carbonyl (C=O) groups excluding carboxylic acids is 1. The zero-order valence-electron chi connectivity index (χ0n) is 11.9. The fraction of sp³-hybridized carbons (Fsp3) is 0.235. The van der Waals surface area contributed by atoms with Gasteiger partial charge < -0.3 is 11.1 Å². The van der Waals surface area contributed by atoms with Gasteiger partial charge in [0.1, 0.15) is 0 Å². The van der Waals surface area contributed by atoms with Crippen LogP contribution >= 0.6 is 0 Å². The number of nitrogens with one attached hydrogen (secondary N) is 1. The van der Waals surface area contributed by atoms with Crippen LogP contribution in [0.2, 0.25) is 0 Å². The maximum Gasteiger partial charge on any atom is 0.241 e. The van der Waals surface area contributed by atoms with Crippen molar-refractivity contribution in [1.82, 2.24) is 0 Å². The molecule has 0 saturated heterocycles. The second-order valence-corrected chi connectivity index (χ2v) is 5.10. The second-order valence-electron chi connectivity index (χ2n) is 5.10. The lowest BCUT2D eigenvalue weighted by Gasteiger charge is -2.14. The lowest BCUT2D eigenvalue weighted by Crippen LogP contribution is -2.37. The number of amides is 1. The summed E-state index contributed by atoms with van der Waals surface area (Å²) in [7, 11) is 0. The molecule has 1 amide bonds. The lowest BCUT2D eigenvalue weighted by molar-refractivity contribution is -0.117. The summed E-state index contributed by atoms with van der Waals surface area (Å²) in [6.07, 6.45) is 0.539. The smallest absolute Gasteiger partial charge is 0.241 e. The van der Waals surface area contributed by atoms with Gasteiger partial charge in [0.25, 0.3) is 0 Å². The number of nitrogens with two attached hydrogens (primary N) is 1. The van der Waals surface area contributed by atoms with Gasteiger partial charge in [0.15, 0.2) is 0 Å². The molecule has 104 valence electrons. The third-order valence-electron chi connectivity index (χ3n) is 3.27. The van der Waals surface area contributed by atoms with Crippen LogP contribution in [0.3, 0.4) is 0 Å². The number of aryl methyl sites for hydroxylation is 2. The van der Waals surface area contributed by atoms with Crippen molar-refractivity contribution in [2.24, 2.45) is 5.73 Å². The van der Waals surface area contributed by atoms with E-state index in [9.17, 15) is 4.79 Å². The predicted molar refractivity (Wildman–Crippen MR) is 82.7 cm³/mol. The van der Waals surface area contributed by atoms with Gasteiger partial charge in [-0.3, -0.25) is 4.79 Å². The fourth-order valence-electron chi connectivity index (χ4n) is 2.14. The first-order chi connectivity index (χ1) is 9.56. The van der Waals surface area contributed by atoms with E-state index in [1.165, 1.54) is 5.56 Å². The number of benzene rings is 2. The van der Waals surface area contributed by atoms with Crippen LogP contribution < -0.4 is 11.1 Å². The Morgan fingerprint density at radius 3 is 2.50 bits per heavy atom. The van der Waals surface area contributed by atoms with Crippen LogP contribution in [0.4, 0.5) is 5.69 Å². The molecule has 3 N–H and O–H groups in total. The summed E-state index contributed by atoms with van der Waals surface area (Å²) < 4.78 is 0. The number of hydrogen-bond donors (Lipinski definition) is 2. The average Bonchev–Trinajstić information content (AvgIpc) is 2.43. The zero-order chi connectivity index (χ0) is 14.5. The molecule has 0 radical (unpaired) electrons. The van der Waals surface area contributed by atoms with Crippen molar-refractivity contribution < 1.29 is 4.79 Å². The summed E-state index contributed by atoms with van der Waals surface area (Å²) >= 11 is 0. The average molecular weight is 268 g/mol. The molecule has 0 aromatic heterocycles. The Labute approximate surface area is 119 Å². The van der Waals surface area contributed by atoms with Crippen LogP contribution in [0.25, 0.3) is 0 Å². The molecular formula is C17H20N2O. The van der Waals surface area contributed by atoms with Crippen molar-refractivity contribution in [1.29, 1.82) is 0 Å². The molecule has 1 atom stereocenters. The first-order valence-electron chi connectivity index (χ1n) is 6.74. The summed E-state index contributed by atoms with van der Waals surface area (Å²) in [6.45, 7) is 4.01. The van der Waals surface area contributed by atoms with E-state index in [4.69, 9.17) is 5.73 Å². The molecule has 2 rings (SSSR count). The van der Waals surface area contributed by atoms with Gasteiger partial charge in [-0.1, -0.05) is 48.0 Å². The Morgan fingerprint density at radius 1 is 1.15 bits per heavy atom. The molecule has 0 bridgehead atoms. The van der Waals surface area contributed by atoms with E-state index >= 15 is 0 Å². The Balaban J connectivity index is 2.01. The number of hydrogen-bond acceptors (Lipinski definition) is 2. The van der Waals surface area contributed by atoms with E-state index in [0.29, 0.717) is 6.42 Å². The maximum absolute atomic E-state index is 12.1. The van der Waals surface area contributed by atoms with Crippen molar-refractivity contribution >= 4 is 11.6 Å².